The second kappa shape index (κ2) is 3.33. The Morgan fingerprint density at radius 2 is 1.50 bits per heavy atom. The van der Waals surface area contributed by atoms with Gasteiger partial charge in [-0.1, -0.05) is 12.1 Å². The fourth-order valence-electron chi connectivity index (χ4n) is 1.99. The quantitative estimate of drug-likeness (QED) is 0.454. The van der Waals surface area contributed by atoms with Gasteiger partial charge in [-0.05, 0) is 24.3 Å². The van der Waals surface area contributed by atoms with Crippen LogP contribution in [-0.2, 0) is 5.66 Å². The molecule has 1 aromatic carbocycles. The van der Waals surface area contributed by atoms with Crippen LogP contribution < -0.4 is 22.9 Å². The minimum absolute atomic E-state index is 0.411. The number of fused-ring (bicyclic) bond motifs is 2. The zero-order valence-corrected chi connectivity index (χ0v) is 9.67. The lowest BCUT2D eigenvalue weighted by atomic mass is 9.86. The van der Waals surface area contributed by atoms with Crippen molar-refractivity contribution in [2.24, 2.45) is 22.9 Å². The maximum absolute atomic E-state index is 6.03. The van der Waals surface area contributed by atoms with Crippen LogP contribution in [0.2, 0.25) is 0 Å². The zero-order chi connectivity index (χ0) is 13.0. The van der Waals surface area contributed by atoms with Crippen molar-refractivity contribution in [3.63, 3.8) is 0 Å². The smallest absolute Gasteiger partial charge is 0.145 e. The molecule has 0 fully saturated rings. The first-order chi connectivity index (χ1) is 8.42. The average Bonchev–Trinajstić information content (AvgIpc) is 2.33. The first-order valence-corrected chi connectivity index (χ1v) is 5.54. The highest BCUT2D eigenvalue weighted by atomic mass is 15.2. The van der Waals surface area contributed by atoms with Crippen LogP contribution in [0.3, 0.4) is 0 Å². The normalized spacial score (nSPS) is 19.8. The van der Waals surface area contributed by atoms with Gasteiger partial charge in [0.2, 0.25) is 0 Å². The summed E-state index contributed by atoms with van der Waals surface area (Å²) < 4.78 is 0. The van der Waals surface area contributed by atoms with Crippen molar-refractivity contribution < 1.29 is 0 Å². The molecule has 0 aliphatic heterocycles. The minimum atomic E-state index is -1.45. The Bertz CT molecular complexity index is 659. The third-order valence-corrected chi connectivity index (χ3v) is 3.22. The van der Waals surface area contributed by atoms with E-state index >= 15 is 0 Å². The number of hydrogen-bond acceptors (Lipinski definition) is 6. The van der Waals surface area contributed by atoms with Gasteiger partial charge in [0.1, 0.15) is 17.0 Å². The SMILES string of the molecule is NC1(N)C=Cc2nc3ccccc3nc2C1(N)N. The van der Waals surface area contributed by atoms with Crippen LogP contribution in [0.5, 0.6) is 0 Å². The topological polar surface area (TPSA) is 130 Å². The Morgan fingerprint density at radius 3 is 2.17 bits per heavy atom. The van der Waals surface area contributed by atoms with Crippen molar-refractivity contribution in [1.29, 1.82) is 0 Å². The van der Waals surface area contributed by atoms with E-state index in [0.29, 0.717) is 16.9 Å². The molecule has 0 atom stereocenters. The molecule has 0 amide bonds. The lowest BCUT2D eigenvalue weighted by molar-refractivity contribution is 0.279. The molecule has 0 unspecified atom stereocenters. The molecule has 2 aromatic rings. The van der Waals surface area contributed by atoms with Crippen molar-refractivity contribution in [2.75, 3.05) is 0 Å². The van der Waals surface area contributed by atoms with Crippen molar-refractivity contribution in [3.05, 3.63) is 41.7 Å². The van der Waals surface area contributed by atoms with Gasteiger partial charge >= 0.3 is 0 Å². The van der Waals surface area contributed by atoms with Crippen LogP contribution in [0.4, 0.5) is 0 Å². The maximum atomic E-state index is 6.03. The maximum Gasteiger partial charge on any atom is 0.145 e. The van der Waals surface area contributed by atoms with Gasteiger partial charge < -0.3 is 22.9 Å². The molecule has 3 rings (SSSR count). The van der Waals surface area contributed by atoms with E-state index in [9.17, 15) is 0 Å². The molecular formula is C12H14N6. The van der Waals surface area contributed by atoms with Gasteiger partial charge in [-0.25, -0.2) is 9.97 Å². The van der Waals surface area contributed by atoms with Gasteiger partial charge in [0.05, 0.1) is 16.7 Å². The summed E-state index contributed by atoms with van der Waals surface area (Å²) >= 11 is 0. The molecule has 8 N–H and O–H groups in total. The molecule has 1 heterocycles. The van der Waals surface area contributed by atoms with Gasteiger partial charge in [0, 0.05) is 0 Å². The number of hydrogen-bond donors (Lipinski definition) is 4. The summed E-state index contributed by atoms with van der Waals surface area (Å²) in [5.74, 6) is 0. The summed E-state index contributed by atoms with van der Waals surface area (Å²) in [7, 11) is 0. The van der Waals surface area contributed by atoms with Crippen LogP contribution in [0.1, 0.15) is 11.4 Å². The van der Waals surface area contributed by atoms with Crippen LogP contribution in [0, 0.1) is 0 Å². The second-order valence-corrected chi connectivity index (χ2v) is 4.58. The highest BCUT2D eigenvalue weighted by Crippen LogP contribution is 2.29. The van der Waals surface area contributed by atoms with E-state index in [1.54, 1.807) is 12.2 Å². The van der Waals surface area contributed by atoms with E-state index in [4.69, 9.17) is 22.9 Å². The van der Waals surface area contributed by atoms with Crippen molar-refractivity contribution >= 4 is 17.1 Å². The number of aromatic nitrogens is 2. The van der Waals surface area contributed by atoms with E-state index in [1.165, 1.54) is 0 Å². The summed E-state index contributed by atoms with van der Waals surface area (Å²) in [4.78, 5) is 8.90. The Labute approximate surface area is 104 Å². The van der Waals surface area contributed by atoms with Crippen molar-refractivity contribution in [3.8, 4) is 0 Å². The van der Waals surface area contributed by atoms with Crippen LogP contribution in [0.15, 0.2) is 30.3 Å². The fourth-order valence-corrected chi connectivity index (χ4v) is 1.99. The van der Waals surface area contributed by atoms with Crippen molar-refractivity contribution in [2.45, 2.75) is 11.3 Å². The van der Waals surface area contributed by atoms with Gasteiger partial charge in [-0.3, -0.25) is 0 Å². The van der Waals surface area contributed by atoms with Crippen LogP contribution in [0.25, 0.3) is 17.1 Å². The van der Waals surface area contributed by atoms with Gasteiger partial charge in [0.15, 0.2) is 0 Å². The molecule has 6 heteroatoms. The summed E-state index contributed by atoms with van der Waals surface area (Å²) in [6.45, 7) is 0. The molecule has 1 aliphatic rings. The molecule has 6 nitrogen and oxygen atoms in total. The first-order valence-electron chi connectivity index (χ1n) is 5.54. The Morgan fingerprint density at radius 1 is 0.889 bits per heavy atom. The molecule has 1 aliphatic carbocycles. The zero-order valence-electron chi connectivity index (χ0n) is 9.67. The second-order valence-electron chi connectivity index (χ2n) is 4.58. The molecule has 92 valence electrons. The third-order valence-electron chi connectivity index (χ3n) is 3.22. The number of nitrogens with zero attached hydrogens (tertiary/aromatic N) is 2. The number of nitrogens with two attached hydrogens (primary N) is 4. The Kier molecular flexibility index (Phi) is 2.08. The monoisotopic (exact) mass is 242 g/mol. The summed E-state index contributed by atoms with van der Waals surface area (Å²) in [6.07, 6.45) is 3.26. The molecule has 0 saturated heterocycles. The minimum Gasteiger partial charge on any atom is -0.307 e. The summed E-state index contributed by atoms with van der Waals surface area (Å²) in [6, 6.07) is 7.48. The van der Waals surface area contributed by atoms with Crippen molar-refractivity contribution in [1.82, 2.24) is 9.97 Å². The van der Waals surface area contributed by atoms with Crippen LogP contribution >= 0.6 is 0 Å². The van der Waals surface area contributed by atoms with Crippen LogP contribution in [-0.4, -0.2) is 15.6 Å². The Balaban J connectivity index is 2.34. The number of para-hydroxylation sites is 2. The summed E-state index contributed by atoms with van der Waals surface area (Å²) in [5.41, 5.74) is 23.5. The number of benzene rings is 1. The molecule has 0 saturated carbocycles. The highest BCUT2D eigenvalue weighted by molar-refractivity contribution is 5.76. The third kappa shape index (κ3) is 1.37. The molecule has 1 aromatic heterocycles. The van der Waals surface area contributed by atoms with Gasteiger partial charge in [-0.15, -0.1) is 0 Å². The summed E-state index contributed by atoms with van der Waals surface area (Å²) in [5, 5.41) is 0. The predicted molar refractivity (Wildman–Crippen MR) is 69.7 cm³/mol. The number of rotatable bonds is 0. The fraction of sp³-hybridized carbons (Fsp3) is 0.167. The molecule has 0 radical (unpaired) electrons. The molecule has 18 heavy (non-hydrogen) atoms. The molecule has 0 spiro atoms. The lowest BCUT2D eigenvalue weighted by Crippen LogP contribution is -2.74. The predicted octanol–water partition coefficient (Wildman–Crippen LogP) is -0.660. The van der Waals surface area contributed by atoms with E-state index in [0.717, 1.165) is 5.52 Å². The molecule has 0 bridgehead atoms. The lowest BCUT2D eigenvalue weighted by Gasteiger charge is -2.40. The van der Waals surface area contributed by atoms with Gasteiger partial charge in [0.25, 0.3) is 0 Å². The van der Waals surface area contributed by atoms with E-state index < -0.39 is 11.3 Å². The first kappa shape index (κ1) is 11.2. The van der Waals surface area contributed by atoms with E-state index in [-0.39, 0.29) is 0 Å². The standard InChI is InChI=1S/C12H14N6/c13-11(14)6-5-9-10(12(11,15)16)18-8-4-2-1-3-7(8)17-9/h1-6H,13-16H2. The van der Waals surface area contributed by atoms with E-state index in [2.05, 4.69) is 9.97 Å². The largest absolute Gasteiger partial charge is 0.307 e. The Hall–Kier alpha value is -1.86. The average molecular weight is 242 g/mol. The van der Waals surface area contributed by atoms with Gasteiger partial charge in [-0.2, -0.15) is 0 Å². The van der Waals surface area contributed by atoms with E-state index in [1.807, 2.05) is 24.3 Å². The molecular weight excluding hydrogens is 228 g/mol. The highest BCUT2D eigenvalue weighted by Gasteiger charge is 2.45.